The summed E-state index contributed by atoms with van der Waals surface area (Å²) >= 11 is 0. The SMILES string of the molecule is COc1ccc(S(=O)(=O)N2CCN(C(=O)C3CCCCC3)CC2)cc1C. The lowest BCUT2D eigenvalue weighted by molar-refractivity contribution is -0.137. The molecule has 1 aliphatic carbocycles. The normalized spacial score (nSPS) is 20.2. The highest BCUT2D eigenvalue weighted by Gasteiger charge is 2.33. The molecule has 0 N–H and O–H groups in total. The van der Waals surface area contributed by atoms with Crippen LogP contribution >= 0.6 is 0 Å². The van der Waals surface area contributed by atoms with E-state index in [2.05, 4.69) is 0 Å². The van der Waals surface area contributed by atoms with Crippen molar-refractivity contribution < 1.29 is 17.9 Å². The van der Waals surface area contributed by atoms with Gasteiger partial charge in [0.25, 0.3) is 0 Å². The molecule has 2 aliphatic rings. The first-order valence-electron chi connectivity index (χ1n) is 9.37. The first kappa shape index (κ1) is 19.2. The Balaban J connectivity index is 1.65. The second kappa shape index (κ2) is 7.96. The maximum absolute atomic E-state index is 12.9. The number of hydrogen-bond donors (Lipinski definition) is 0. The van der Waals surface area contributed by atoms with Crippen molar-refractivity contribution in [2.24, 2.45) is 5.92 Å². The van der Waals surface area contributed by atoms with Gasteiger partial charge in [-0.3, -0.25) is 4.79 Å². The van der Waals surface area contributed by atoms with Gasteiger partial charge in [0.15, 0.2) is 0 Å². The van der Waals surface area contributed by atoms with Gasteiger partial charge in [-0.2, -0.15) is 4.31 Å². The first-order valence-corrected chi connectivity index (χ1v) is 10.8. The minimum Gasteiger partial charge on any atom is -0.496 e. The number of ether oxygens (including phenoxy) is 1. The Hall–Kier alpha value is -1.60. The Morgan fingerprint density at radius 3 is 2.31 bits per heavy atom. The lowest BCUT2D eigenvalue weighted by Gasteiger charge is -2.36. The van der Waals surface area contributed by atoms with Gasteiger partial charge in [-0.15, -0.1) is 0 Å². The Labute approximate surface area is 156 Å². The molecular weight excluding hydrogens is 352 g/mol. The lowest BCUT2D eigenvalue weighted by atomic mass is 9.88. The van der Waals surface area contributed by atoms with Crippen LogP contribution in [0.25, 0.3) is 0 Å². The molecular formula is C19H28N2O4S. The molecule has 1 aromatic rings. The highest BCUT2D eigenvalue weighted by atomic mass is 32.2. The number of nitrogens with zero attached hydrogens (tertiary/aromatic N) is 2. The molecule has 144 valence electrons. The van der Waals surface area contributed by atoms with Gasteiger partial charge in [0, 0.05) is 32.1 Å². The van der Waals surface area contributed by atoms with Crippen molar-refractivity contribution in [1.29, 1.82) is 0 Å². The maximum Gasteiger partial charge on any atom is 0.243 e. The third-order valence-electron chi connectivity index (χ3n) is 5.51. The minimum absolute atomic E-state index is 0.135. The predicted octanol–water partition coefficient (Wildman–Crippen LogP) is 2.42. The van der Waals surface area contributed by atoms with Crippen molar-refractivity contribution in [1.82, 2.24) is 9.21 Å². The number of carbonyl (C=O) groups excluding carboxylic acids is 1. The van der Waals surface area contributed by atoms with E-state index in [0.29, 0.717) is 31.9 Å². The molecule has 6 nitrogen and oxygen atoms in total. The number of piperazine rings is 1. The molecule has 1 saturated heterocycles. The Kier molecular flexibility index (Phi) is 5.87. The smallest absolute Gasteiger partial charge is 0.243 e. The van der Waals surface area contributed by atoms with E-state index in [4.69, 9.17) is 4.74 Å². The Morgan fingerprint density at radius 2 is 1.73 bits per heavy atom. The lowest BCUT2D eigenvalue weighted by Crippen LogP contribution is -2.52. The summed E-state index contributed by atoms with van der Waals surface area (Å²) in [5, 5.41) is 0. The number of sulfonamides is 1. The summed E-state index contributed by atoms with van der Waals surface area (Å²) in [5.41, 5.74) is 0.791. The van der Waals surface area contributed by atoms with Crippen molar-refractivity contribution in [3.63, 3.8) is 0 Å². The van der Waals surface area contributed by atoms with Crippen molar-refractivity contribution in [2.45, 2.75) is 43.9 Å². The van der Waals surface area contributed by atoms with Crippen LogP contribution in [0.3, 0.4) is 0 Å². The van der Waals surface area contributed by atoms with E-state index < -0.39 is 10.0 Å². The van der Waals surface area contributed by atoms with Crippen LogP contribution in [-0.4, -0.2) is 56.8 Å². The van der Waals surface area contributed by atoms with Crippen molar-refractivity contribution in [2.75, 3.05) is 33.3 Å². The summed E-state index contributed by atoms with van der Waals surface area (Å²) in [6, 6.07) is 4.92. The van der Waals surface area contributed by atoms with E-state index in [9.17, 15) is 13.2 Å². The Bertz CT molecular complexity index is 749. The molecule has 1 aliphatic heterocycles. The number of methoxy groups -OCH3 is 1. The molecule has 7 heteroatoms. The number of carbonyl (C=O) groups is 1. The van der Waals surface area contributed by atoms with Gasteiger partial charge < -0.3 is 9.64 Å². The summed E-state index contributed by atoms with van der Waals surface area (Å²) < 4.78 is 32.5. The van der Waals surface area contributed by atoms with Crippen LogP contribution in [0.5, 0.6) is 5.75 Å². The number of amides is 1. The number of rotatable bonds is 4. The van der Waals surface area contributed by atoms with Crippen LogP contribution in [0.1, 0.15) is 37.7 Å². The second-order valence-electron chi connectivity index (χ2n) is 7.20. The van der Waals surface area contributed by atoms with Gasteiger partial charge in [-0.25, -0.2) is 8.42 Å². The molecule has 0 unspecified atom stereocenters. The van der Waals surface area contributed by atoms with Crippen molar-refractivity contribution in [3.05, 3.63) is 23.8 Å². The molecule has 26 heavy (non-hydrogen) atoms. The van der Waals surface area contributed by atoms with Crippen LogP contribution in [0.15, 0.2) is 23.1 Å². The van der Waals surface area contributed by atoms with Gasteiger partial charge in [0.05, 0.1) is 12.0 Å². The van der Waals surface area contributed by atoms with E-state index in [1.54, 1.807) is 25.3 Å². The molecule has 1 aromatic carbocycles. The largest absolute Gasteiger partial charge is 0.496 e. The summed E-state index contributed by atoms with van der Waals surface area (Å²) in [5.74, 6) is 1.02. The average Bonchev–Trinajstić information content (AvgIpc) is 2.68. The molecule has 0 aromatic heterocycles. The van der Waals surface area contributed by atoms with E-state index in [1.807, 2.05) is 11.8 Å². The third kappa shape index (κ3) is 3.88. The summed E-state index contributed by atoms with van der Waals surface area (Å²) in [7, 11) is -1.98. The van der Waals surface area contributed by atoms with Gasteiger partial charge in [0.1, 0.15) is 5.75 Å². The van der Waals surface area contributed by atoms with Gasteiger partial charge in [-0.1, -0.05) is 19.3 Å². The van der Waals surface area contributed by atoms with Crippen LogP contribution < -0.4 is 4.74 Å². The molecule has 1 saturated carbocycles. The topological polar surface area (TPSA) is 66.9 Å². The molecule has 1 amide bonds. The van der Waals surface area contributed by atoms with Crippen LogP contribution in [0, 0.1) is 12.8 Å². The average molecular weight is 381 g/mol. The fraction of sp³-hybridized carbons (Fsp3) is 0.632. The van der Waals surface area contributed by atoms with E-state index in [-0.39, 0.29) is 16.7 Å². The molecule has 0 radical (unpaired) electrons. The van der Waals surface area contributed by atoms with Crippen LogP contribution in [0.2, 0.25) is 0 Å². The summed E-state index contributed by atoms with van der Waals surface area (Å²) in [6.45, 7) is 3.49. The second-order valence-corrected chi connectivity index (χ2v) is 9.13. The van der Waals surface area contributed by atoms with Crippen LogP contribution in [-0.2, 0) is 14.8 Å². The zero-order chi connectivity index (χ0) is 18.7. The molecule has 0 atom stereocenters. The molecule has 2 fully saturated rings. The maximum atomic E-state index is 12.9. The standard InChI is InChI=1S/C19H28N2O4S/c1-15-14-17(8-9-18(15)25-2)26(23,24)21-12-10-20(11-13-21)19(22)16-6-4-3-5-7-16/h8-9,14,16H,3-7,10-13H2,1-2H3. The minimum atomic E-state index is -3.54. The van der Waals surface area contributed by atoms with E-state index in [1.165, 1.54) is 10.7 Å². The van der Waals surface area contributed by atoms with E-state index in [0.717, 1.165) is 31.2 Å². The monoisotopic (exact) mass is 380 g/mol. The highest BCUT2D eigenvalue weighted by Crippen LogP contribution is 2.27. The third-order valence-corrected chi connectivity index (χ3v) is 7.40. The fourth-order valence-electron chi connectivity index (χ4n) is 3.92. The molecule has 1 heterocycles. The molecule has 0 bridgehead atoms. The summed E-state index contributed by atoms with van der Waals surface area (Å²) in [6.07, 6.45) is 5.42. The van der Waals surface area contributed by atoms with Crippen LogP contribution in [0.4, 0.5) is 0 Å². The molecule has 3 rings (SSSR count). The Morgan fingerprint density at radius 1 is 1.08 bits per heavy atom. The fourth-order valence-corrected chi connectivity index (χ4v) is 5.42. The summed E-state index contributed by atoms with van der Waals surface area (Å²) in [4.78, 5) is 14.8. The predicted molar refractivity (Wildman–Crippen MR) is 99.6 cm³/mol. The number of benzene rings is 1. The highest BCUT2D eigenvalue weighted by molar-refractivity contribution is 7.89. The number of hydrogen-bond acceptors (Lipinski definition) is 4. The van der Waals surface area contributed by atoms with Gasteiger partial charge in [-0.05, 0) is 43.5 Å². The van der Waals surface area contributed by atoms with Gasteiger partial charge in [0.2, 0.25) is 15.9 Å². The number of aryl methyl sites for hydroxylation is 1. The quantitative estimate of drug-likeness (QED) is 0.805. The zero-order valence-electron chi connectivity index (χ0n) is 15.6. The van der Waals surface area contributed by atoms with Crippen molar-refractivity contribution >= 4 is 15.9 Å². The molecule has 0 spiro atoms. The zero-order valence-corrected chi connectivity index (χ0v) is 16.4. The van der Waals surface area contributed by atoms with Gasteiger partial charge >= 0.3 is 0 Å². The van der Waals surface area contributed by atoms with E-state index >= 15 is 0 Å². The van der Waals surface area contributed by atoms with Crippen molar-refractivity contribution in [3.8, 4) is 5.75 Å². The first-order chi connectivity index (χ1) is 12.4.